The Morgan fingerprint density at radius 2 is 1.96 bits per heavy atom. The molecule has 2 aromatic heterocycles. The van der Waals surface area contributed by atoms with Crippen LogP contribution in [-0.4, -0.2) is 11.0 Å². The molecule has 3 rings (SSSR count). The summed E-state index contributed by atoms with van der Waals surface area (Å²) in [5.41, 5.74) is 0.458. The van der Waals surface area contributed by atoms with Gasteiger partial charge in [0.1, 0.15) is 6.10 Å². The summed E-state index contributed by atoms with van der Waals surface area (Å²) in [5, 5.41) is 15.9. The van der Waals surface area contributed by atoms with E-state index >= 15 is 0 Å². The third-order valence-electron chi connectivity index (χ3n) is 3.37. The molecule has 0 bridgehead atoms. The SMILES string of the molecule is O=C(NCc1ccc(C(O)c2cccs2)s1)c1ccc(Cl)c(Cl)c1. The van der Waals surface area contributed by atoms with Crippen molar-refractivity contribution in [2.24, 2.45) is 0 Å². The summed E-state index contributed by atoms with van der Waals surface area (Å²) in [6, 6.07) is 12.4. The smallest absolute Gasteiger partial charge is 0.251 e. The van der Waals surface area contributed by atoms with Crippen LogP contribution in [-0.2, 0) is 6.54 Å². The molecule has 1 unspecified atom stereocenters. The number of aliphatic hydroxyl groups excluding tert-OH is 1. The Morgan fingerprint density at radius 3 is 2.67 bits per heavy atom. The van der Waals surface area contributed by atoms with Crippen LogP contribution in [0.15, 0.2) is 47.8 Å². The zero-order chi connectivity index (χ0) is 17.1. The lowest BCUT2D eigenvalue weighted by atomic mass is 10.2. The Kier molecular flexibility index (Phi) is 5.58. The summed E-state index contributed by atoms with van der Waals surface area (Å²) in [7, 11) is 0. The molecule has 24 heavy (non-hydrogen) atoms. The Labute approximate surface area is 157 Å². The summed E-state index contributed by atoms with van der Waals surface area (Å²) in [4.78, 5) is 14.9. The number of carbonyl (C=O) groups excluding carboxylic acids is 1. The van der Waals surface area contributed by atoms with E-state index in [2.05, 4.69) is 5.32 Å². The maximum atomic E-state index is 12.2. The molecule has 0 saturated carbocycles. The topological polar surface area (TPSA) is 49.3 Å². The Balaban J connectivity index is 1.63. The monoisotopic (exact) mass is 397 g/mol. The van der Waals surface area contributed by atoms with Gasteiger partial charge in [0.25, 0.3) is 5.91 Å². The predicted octanol–water partition coefficient (Wildman–Crippen LogP) is 5.13. The van der Waals surface area contributed by atoms with E-state index in [0.29, 0.717) is 22.2 Å². The minimum absolute atomic E-state index is 0.220. The molecule has 124 valence electrons. The minimum Gasteiger partial charge on any atom is -0.382 e. The highest BCUT2D eigenvalue weighted by atomic mass is 35.5. The van der Waals surface area contributed by atoms with E-state index in [1.54, 1.807) is 18.2 Å². The Bertz CT molecular complexity index is 846. The predicted molar refractivity (Wildman–Crippen MR) is 100 cm³/mol. The fourth-order valence-electron chi connectivity index (χ4n) is 2.13. The Morgan fingerprint density at radius 1 is 1.12 bits per heavy atom. The lowest BCUT2D eigenvalue weighted by Crippen LogP contribution is -2.22. The summed E-state index contributed by atoms with van der Waals surface area (Å²) >= 11 is 14.8. The first kappa shape index (κ1) is 17.5. The highest BCUT2D eigenvalue weighted by Gasteiger charge is 2.14. The molecule has 1 amide bonds. The summed E-state index contributed by atoms with van der Waals surface area (Å²) < 4.78 is 0. The van der Waals surface area contributed by atoms with E-state index in [1.807, 2.05) is 29.6 Å². The molecule has 7 heteroatoms. The van der Waals surface area contributed by atoms with E-state index < -0.39 is 6.10 Å². The number of nitrogens with one attached hydrogen (secondary N) is 1. The molecule has 0 spiro atoms. The van der Waals surface area contributed by atoms with Gasteiger partial charge in [0.05, 0.1) is 16.6 Å². The average Bonchev–Trinajstić information content (AvgIpc) is 3.26. The van der Waals surface area contributed by atoms with Crippen LogP contribution in [0.3, 0.4) is 0 Å². The third-order valence-corrected chi connectivity index (χ3v) is 6.17. The van der Waals surface area contributed by atoms with Crippen LogP contribution >= 0.6 is 45.9 Å². The summed E-state index contributed by atoms with van der Waals surface area (Å²) in [5.74, 6) is -0.220. The number of aliphatic hydroxyl groups is 1. The van der Waals surface area contributed by atoms with Gasteiger partial charge in [-0.3, -0.25) is 4.79 Å². The van der Waals surface area contributed by atoms with Crippen molar-refractivity contribution in [2.75, 3.05) is 0 Å². The maximum absolute atomic E-state index is 12.2. The molecular formula is C17H13Cl2NO2S2. The van der Waals surface area contributed by atoms with Crippen LogP contribution in [0.4, 0.5) is 0 Å². The van der Waals surface area contributed by atoms with Gasteiger partial charge in [0.2, 0.25) is 0 Å². The van der Waals surface area contributed by atoms with Crippen molar-refractivity contribution in [3.05, 3.63) is 78.1 Å². The number of hydrogen-bond donors (Lipinski definition) is 2. The average molecular weight is 398 g/mol. The van der Waals surface area contributed by atoms with Crippen LogP contribution in [0.1, 0.15) is 31.1 Å². The number of halogens is 2. The van der Waals surface area contributed by atoms with Crippen molar-refractivity contribution in [3.8, 4) is 0 Å². The lowest BCUT2D eigenvalue weighted by Gasteiger charge is -2.06. The van der Waals surface area contributed by atoms with Crippen molar-refractivity contribution in [2.45, 2.75) is 12.6 Å². The van der Waals surface area contributed by atoms with E-state index in [9.17, 15) is 9.90 Å². The van der Waals surface area contributed by atoms with Gasteiger partial charge >= 0.3 is 0 Å². The molecule has 0 fully saturated rings. The van der Waals surface area contributed by atoms with Crippen LogP contribution < -0.4 is 5.32 Å². The van der Waals surface area contributed by atoms with E-state index in [1.165, 1.54) is 22.7 Å². The molecule has 0 saturated heterocycles. The van der Waals surface area contributed by atoms with Crippen LogP contribution in [0.5, 0.6) is 0 Å². The van der Waals surface area contributed by atoms with Crippen molar-refractivity contribution in [3.63, 3.8) is 0 Å². The molecule has 0 aliphatic rings. The zero-order valence-electron chi connectivity index (χ0n) is 12.3. The molecule has 0 aliphatic carbocycles. The molecule has 0 aliphatic heterocycles. The molecular weight excluding hydrogens is 385 g/mol. The second-order valence-electron chi connectivity index (χ2n) is 5.03. The molecule has 1 atom stereocenters. The van der Waals surface area contributed by atoms with Gasteiger partial charge in [-0.05, 0) is 41.8 Å². The Hall–Kier alpha value is -1.37. The van der Waals surface area contributed by atoms with Crippen molar-refractivity contribution >= 4 is 51.8 Å². The number of benzene rings is 1. The molecule has 3 aromatic rings. The second kappa shape index (κ2) is 7.68. The highest BCUT2D eigenvalue weighted by molar-refractivity contribution is 7.12. The van der Waals surface area contributed by atoms with E-state index in [0.717, 1.165) is 14.6 Å². The van der Waals surface area contributed by atoms with Gasteiger partial charge in [-0.15, -0.1) is 22.7 Å². The quantitative estimate of drug-likeness (QED) is 0.626. The molecule has 2 N–H and O–H groups in total. The summed E-state index contributed by atoms with van der Waals surface area (Å²) in [6.07, 6.45) is -0.616. The largest absolute Gasteiger partial charge is 0.382 e. The number of carbonyl (C=O) groups is 1. The molecule has 1 aromatic carbocycles. The van der Waals surface area contributed by atoms with Gasteiger partial charge in [-0.1, -0.05) is 29.3 Å². The van der Waals surface area contributed by atoms with Crippen molar-refractivity contribution in [1.82, 2.24) is 5.32 Å². The van der Waals surface area contributed by atoms with Crippen LogP contribution in [0, 0.1) is 0 Å². The lowest BCUT2D eigenvalue weighted by molar-refractivity contribution is 0.0951. The number of thiophene rings is 2. The number of rotatable bonds is 5. The van der Waals surface area contributed by atoms with Crippen molar-refractivity contribution < 1.29 is 9.90 Å². The van der Waals surface area contributed by atoms with Gasteiger partial charge in [-0.25, -0.2) is 0 Å². The van der Waals surface area contributed by atoms with E-state index in [4.69, 9.17) is 23.2 Å². The molecule has 3 nitrogen and oxygen atoms in total. The van der Waals surface area contributed by atoms with E-state index in [-0.39, 0.29) is 5.91 Å². The second-order valence-corrected chi connectivity index (χ2v) is 8.03. The normalized spacial score (nSPS) is 12.1. The fourth-order valence-corrected chi connectivity index (χ4v) is 4.19. The zero-order valence-corrected chi connectivity index (χ0v) is 15.5. The van der Waals surface area contributed by atoms with Gasteiger partial charge in [0.15, 0.2) is 0 Å². The molecule has 0 radical (unpaired) electrons. The number of amides is 1. The first-order valence-electron chi connectivity index (χ1n) is 7.08. The summed E-state index contributed by atoms with van der Waals surface area (Å²) in [6.45, 7) is 0.390. The van der Waals surface area contributed by atoms with Crippen LogP contribution in [0.2, 0.25) is 10.0 Å². The van der Waals surface area contributed by atoms with Gasteiger partial charge in [-0.2, -0.15) is 0 Å². The maximum Gasteiger partial charge on any atom is 0.251 e. The fraction of sp³-hybridized carbons (Fsp3) is 0.118. The minimum atomic E-state index is -0.616. The first-order valence-corrected chi connectivity index (χ1v) is 9.53. The molecule has 2 heterocycles. The van der Waals surface area contributed by atoms with Crippen molar-refractivity contribution in [1.29, 1.82) is 0 Å². The van der Waals surface area contributed by atoms with Gasteiger partial charge in [0, 0.05) is 20.2 Å². The third kappa shape index (κ3) is 3.99. The number of hydrogen-bond acceptors (Lipinski definition) is 4. The standard InChI is InChI=1S/C17H13Cl2NO2S2/c18-12-5-3-10(8-13(12)19)17(22)20-9-11-4-6-15(24-11)16(21)14-2-1-7-23-14/h1-8,16,21H,9H2,(H,20,22). The van der Waals surface area contributed by atoms with Gasteiger partial charge < -0.3 is 10.4 Å². The first-order chi connectivity index (χ1) is 11.5. The highest BCUT2D eigenvalue weighted by Crippen LogP contribution is 2.31. The van der Waals surface area contributed by atoms with Crippen LogP contribution in [0.25, 0.3) is 0 Å².